The van der Waals surface area contributed by atoms with Crippen molar-refractivity contribution >= 4 is 29.1 Å². The number of carbonyl (C=O) groups is 2. The van der Waals surface area contributed by atoms with Gasteiger partial charge in [-0.15, -0.1) is 0 Å². The van der Waals surface area contributed by atoms with Crippen molar-refractivity contribution in [2.45, 2.75) is 6.42 Å². The van der Waals surface area contributed by atoms with Crippen LogP contribution in [0.1, 0.15) is 6.42 Å². The SMILES string of the molecule is COCCN(C)C(=O)[C@@H]1CC(=O)N(c2ccccc2Cl)C1. The van der Waals surface area contributed by atoms with Crippen molar-refractivity contribution < 1.29 is 14.3 Å². The number of likely N-dealkylation sites (N-methyl/N-ethyl adjacent to an activating group) is 1. The second-order valence-electron chi connectivity index (χ2n) is 5.11. The highest BCUT2D eigenvalue weighted by atomic mass is 35.5. The van der Waals surface area contributed by atoms with Crippen LogP contribution >= 0.6 is 11.6 Å². The lowest BCUT2D eigenvalue weighted by molar-refractivity contribution is -0.135. The summed E-state index contributed by atoms with van der Waals surface area (Å²) in [6, 6.07) is 7.17. The van der Waals surface area contributed by atoms with E-state index in [-0.39, 0.29) is 24.2 Å². The molecule has 0 aliphatic carbocycles. The molecular formula is C15H19ClN2O3. The van der Waals surface area contributed by atoms with Crippen molar-refractivity contribution in [1.82, 2.24) is 4.90 Å². The van der Waals surface area contributed by atoms with Crippen molar-refractivity contribution in [3.63, 3.8) is 0 Å². The number of benzene rings is 1. The molecule has 114 valence electrons. The fourth-order valence-corrected chi connectivity index (χ4v) is 2.66. The zero-order valence-electron chi connectivity index (χ0n) is 12.2. The number of ether oxygens (including phenoxy) is 1. The molecule has 0 bridgehead atoms. The lowest BCUT2D eigenvalue weighted by atomic mass is 10.1. The Kier molecular flexibility index (Phi) is 5.20. The smallest absolute Gasteiger partial charge is 0.227 e. The van der Waals surface area contributed by atoms with E-state index in [2.05, 4.69) is 0 Å². The molecule has 1 aromatic rings. The van der Waals surface area contributed by atoms with Gasteiger partial charge in [-0.1, -0.05) is 23.7 Å². The van der Waals surface area contributed by atoms with Crippen molar-refractivity contribution in [3.8, 4) is 0 Å². The summed E-state index contributed by atoms with van der Waals surface area (Å²) in [5, 5.41) is 0.520. The molecule has 1 aliphatic rings. The van der Waals surface area contributed by atoms with Crippen LogP contribution in [0.25, 0.3) is 0 Å². The minimum Gasteiger partial charge on any atom is -0.383 e. The summed E-state index contributed by atoms with van der Waals surface area (Å²) in [6.45, 7) is 1.38. The van der Waals surface area contributed by atoms with E-state index in [1.165, 1.54) is 0 Å². The third-order valence-electron chi connectivity index (χ3n) is 3.62. The molecule has 2 amide bonds. The van der Waals surface area contributed by atoms with Gasteiger partial charge in [0, 0.05) is 33.7 Å². The first-order valence-electron chi connectivity index (χ1n) is 6.83. The maximum Gasteiger partial charge on any atom is 0.227 e. The molecule has 21 heavy (non-hydrogen) atoms. The Morgan fingerprint density at radius 3 is 2.86 bits per heavy atom. The van der Waals surface area contributed by atoms with Crippen LogP contribution in [0.15, 0.2) is 24.3 Å². The van der Waals surface area contributed by atoms with Crippen molar-refractivity contribution in [3.05, 3.63) is 29.3 Å². The number of hydrogen-bond acceptors (Lipinski definition) is 3. The highest BCUT2D eigenvalue weighted by molar-refractivity contribution is 6.33. The largest absolute Gasteiger partial charge is 0.383 e. The first-order valence-corrected chi connectivity index (χ1v) is 7.21. The van der Waals surface area contributed by atoms with Crippen LogP contribution in [0.3, 0.4) is 0 Å². The third kappa shape index (κ3) is 3.54. The molecule has 0 spiro atoms. The van der Waals surface area contributed by atoms with Gasteiger partial charge in [0.25, 0.3) is 0 Å². The van der Waals surface area contributed by atoms with Crippen molar-refractivity contribution in [2.24, 2.45) is 5.92 Å². The molecule has 0 saturated carbocycles. The predicted molar refractivity (Wildman–Crippen MR) is 81.4 cm³/mol. The Bertz CT molecular complexity index is 535. The van der Waals surface area contributed by atoms with E-state index in [4.69, 9.17) is 16.3 Å². The molecule has 0 unspecified atom stereocenters. The Hall–Kier alpha value is -1.59. The molecule has 5 nitrogen and oxygen atoms in total. The normalized spacial score (nSPS) is 18.1. The standard InChI is InChI=1S/C15H19ClN2O3/c1-17(7-8-21-2)15(20)11-9-14(19)18(10-11)13-6-4-3-5-12(13)16/h3-6,11H,7-10H2,1-2H3/t11-/m1/s1. The Morgan fingerprint density at radius 1 is 1.48 bits per heavy atom. The van der Waals surface area contributed by atoms with Gasteiger partial charge in [-0.2, -0.15) is 0 Å². The summed E-state index contributed by atoms with van der Waals surface area (Å²) in [6.07, 6.45) is 0.224. The summed E-state index contributed by atoms with van der Waals surface area (Å²) in [5.41, 5.74) is 0.666. The van der Waals surface area contributed by atoms with Crippen LogP contribution in [0.4, 0.5) is 5.69 Å². The average molecular weight is 311 g/mol. The van der Waals surface area contributed by atoms with Crippen LogP contribution in [0.2, 0.25) is 5.02 Å². The molecular weight excluding hydrogens is 292 g/mol. The predicted octanol–water partition coefficient (Wildman–Crippen LogP) is 1.80. The number of halogens is 1. The molecule has 1 heterocycles. The lowest BCUT2D eigenvalue weighted by Crippen LogP contribution is -2.36. The molecule has 0 N–H and O–H groups in total. The number of amides is 2. The maximum atomic E-state index is 12.3. The Labute approximate surface area is 129 Å². The van der Waals surface area contributed by atoms with Crippen molar-refractivity contribution in [2.75, 3.05) is 38.8 Å². The van der Waals surface area contributed by atoms with Gasteiger partial charge >= 0.3 is 0 Å². The first-order chi connectivity index (χ1) is 10.0. The van der Waals surface area contributed by atoms with E-state index in [1.807, 2.05) is 12.1 Å². The molecule has 1 atom stereocenters. The average Bonchev–Trinajstić information content (AvgIpc) is 2.86. The van der Waals surface area contributed by atoms with Gasteiger partial charge in [-0.05, 0) is 12.1 Å². The molecule has 1 aromatic carbocycles. The van der Waals surface area contributed by atoms with Gasteiger partial charge in [-0.3, -0.25) is 9.59 Å². The Balaban J connectivity index is 2.06. The second-order valence-corrected chi connectivity index (χ2v) is 5.52. The minimum atomic E-state index is -0.323. The molecule has 1 saturated heterocycles. The number of anilines is 1. The number of carbonyl (C=O) groups excluding carboxylic acids is 2. The third-order valence-corrected chi connectivity index (χ3v) is 3.94. The van der Waals surface area contributed by atoms with E-state index < -0.39 is 0 Å². The highest BCUT2D eigenvalue weighted by Gasteiger charge is 2.36. The Morgan fingerprint density at radius 2 is 2.19 bits per heavy atom. The van der Waals surface area contributed by atoms with Crippen LogP contribution < -0.4 is 4.90 Å². The van der Waals surface area contributed by atoms with Gasteiger partial charge in [0.2, 0.25) is 11.8 Å². The minimum absolute atomic E-state index is 0.0325. The molecule has 1 aliphatic heterocycles. The van der Waals surface area contributed by atoms with E-state index in [0.29, 0.717) is 30.4 Å². The number of hydrogen-bond donors (Lipinski definition) is 0. The van der Waals surface area contributed by atoms with Gasteiger partial charge in [0.05, 0.1) is 23.2 Å². The monoisotopic (exact) mass is 310 g/mol. The van der Waals surface area contributed by atoms with E-state index in [0.717, 1.165) is 0 Å². The van der Waals surface area contributed by atoms with Gasteiger partial charge < -0.3 is 14.5 Å². The summed E-state index contributed by atoms with van der Waals surface area (Å²) in [7, 11) is 3.32. The molecule has 6 heteroatoms. The van der Waals surface area contributed by atoms with Crippen LogP contribution in [0, 0.1) is 5.92 Å². The summed E-state index contributed by atoms with van der Waals surface area (Å²) >= 11 is 6.12. The molecule has 2 rings (SSSR count). The maximum absolute atomic E-state index is 12.3. The number of methoxy groups -OCH3 is 1. The lowest BCUT2D eigenvalue weighted by Gasteiger charge is -2.21. The van der Waals surface area contributed by atoms with Gasteiger partial charge in [0.1, 0.15) is 0 Å². The van der Waals surface area contributed by atoms with Crippen LogP contribution in [0.5, 0.6) is 0 Å². The number of para-hydroxylation sites is 1. The topological polar surface area (TPSA) is 49.9 Å². The number of nitrogens with zero attached hydrogens (tertiary/aromatic N) is 2. The van der Waals surface area contributed by atoms with Crippen LogP contribution in [-0.2, 0) is 14.3 Å². The zero-order valence-corrected chi connectivity index (χ0v) is 13.0. The van der Waals surface area contributed by atoms with Gasteiger partial charge in [0.15, 0.2) is 0 Å². The number of rotatable bonds is 5. The van der Waals surface area contributed by atoms with Crippen LogP contribution in [-0.4, -0.2) is 50.6 Å². The second kappa shape index (κ2) is 6.91. The van der Waals surface area contributed by atoms with Crippen molar-refractivity contribution in [1.29, 1.82) is 0 Å². The molecule has 1 fully saturated rings. The summed E-state index contributed by atoms with van der Waals surface area (Å²) in [5.74, 6) is -0.424. The summed E-state index contributed by atoms with van der Waals surface area (Å²) in [4.78, 5) is 27.7. The quantitative estimate of drug-likeness (QED) is 0.833. The van der Waals surface area contributed by atoms with Gasteiger partial charge in [-0.25, -0.2) is 0 Å². The van der Waals surface area contributed by atoms with E-state index >= 15 is 0 Å². The van der Waals surface area contributed by atoms with E-state index in [1.54, 1.807) is 36.1 Å². The van der Waals surface area contributed by atoms with E-state index in [9.17, 15) is 9.59 Å². The highest BCUT2D eigenvalue weighted by Crippen LogP contribution is 2.31. The molecule has 0 radical (unpaired) electrons. The summed E-state index contributed by atoms with van der Waals surface area (Å²) < 4.78 is 4.96. The fraction of sp³-hybridized carbons (Fsp3) is 0.467. The zero-order chi connectivity index (χ0) is 15.4. The fourth-order valence-electron chi connectivity index (χ4n) is 2.43. The first kappa shape index (κ1) is 15.8. The molecule has 0 aromatic heterocycles.